The van der Waals surface area contributed by atoms with E-state index in [1.165, 1.54) is 218 Å². The number of carbonyl (C=O) groups is 2. The molecule has 1 atom stereocenters. The Bertz CT molecular complexity index is 1460. The number of unbranched alkanes of at least 4 members (excludes halogenated alkanes) is 38. The maximum atomic E-state index is 12.4. The topological polar surface area (TPSA) is 72.8 Å². The van der Waals surface area contributed by atoms with E-state index in [-0.39, 0.29) is 25.2 Å². The van der Waals surface area contributed by atoms with E-state index in [1.54, 1.807) is 0 Å². The maximum absolute atomic E-state index is 12.4. The molecule has 0 aromatic heterocycles. The molecule has 0 aromatic rings. The van der Waals surface area contributed by atoms with Crippen LogP contribution in [0.25, 0.3) is 0 Å². The Hall–Kier alpha value is -3.18. The van der Waals surface area contributed by atoms with E-state index >= 15 is 0 Å². The maximum Gasteiger partial charge on any atom is 0.306 e. The molecule has 0 bridgehead atoms. The van der Waals surface area contributed by atoms with Gasteiger partial charge in [0, 0.05) is 12.8 Å². The van der Waals surface area contributed by atoms with Crippen molar-refractivity contribution in [2.45, 2.75) is 341 Å². The Morgan fingerprint density at radius 1 is 0.308 bits per heavy atom. The summed E-state index contributed by atoms with van der Waals surface area (Å²) in [6.07, 6.45) is 97.1. The van der Waals surface area contributed by atoms with Gasteiger partial charge >= 0.3 is 11.9 Å². The molecular formula is C73H128O5. The third-order valence-electron chi connectivity index (χ3n) is 14.9. The lowest BCUT2D eigenvalue weighted by atomic mass is 10.0. The molecule has 0 amide bonds. The Labute approximate surface area is 485 Å². The van der Waals surface area contributed by atoms with E-state index in [0.717, 1.165) is 89.9 Å². The van der Waals surface area contributed by atoms with Gasteiger partial charge in [-0.05, 0) is 77.0 Å². The molecule has 0 fully saturated rings. The molecule has 0 aliphatic rings. The van der Waals surface area contributed by atoms with Crippen LogP contribution in [0.3, 0.4) is 0 Å². The zero-order valence-electron chi connectivity index (χ0n) is 51.7. The molecule has 0 saturated heterocycles. The van der Waals surface area contributed by atoms with Gasteiger partial charge in [0.2, 0.25) is 0 Å². The number of rotatable bonds is 62. The van der Waals surface area contributed by atoms with E-state index < -0.39 is 6.10 Å². The third kappa shape index (κ3) is 65.3. The highest BCUT2D eigenvalue weighted by atomic mass is 16.6. The van der Waals surface area contributed by atoms with Gasteiger partial charge in [-0.15, -0.1) is 0 Å². The van der Waals surface area contributed by atoms with Crippen LogP contribution >= 0.6 is 0 Å². The molecule has 0 radical (unpaired) electrons. The minimum Gasteiger partial charge on any atom is -0.462 e. The number of hydrogen-bond donors (Lipinski definition) is 1. The molecule has 0 saturated carbocycles. The molecule has 1 N–H and O–H groups in total. The molecule has 0 spiro atoms. The standard InChI is InChI=1S/C73H128O5/c1-3-5-7-9-11-13-15-17-19-21-23-25-27-29-31-32-33-34-35-36-37-38-39-40-42-44-46-48-50-52-54-56-58-60-62-64-66-68-73(76)78-71(69-74)70-77-72(75)67-65-63-61-59-57-55-53-51-49-47-45-43-41-30-28-26-24-22-20-18-16-14-12-10-8-6-4-2/h5,7,11,13,17,19,23,25,29,31,33-34,36-37,39-40,71,74H,3-4,6,8-10,12,14-16,18,20-22,24,26-28,30,32,35,38,41-70H2,1-2H3/b7-5-,13-11-,19-17-,25-23-,31-29-,34-33-,37-36-,40-39-. The van der Waals surface area contributed by atoms with Gasteiger partial charge in [0.15, 0.2) is 6.10 Å². The molecule has 5 nitrogen and oxygen atoms in total. The Kier molecular flexibility index (Phi) is 65.3. The SMILES string of the molecule is CC/C=C\C/C=C\C/C=C\C/C=C\C/C=C\C/C=C\C/C=C\C/C=C\CCCCCCCCCCCCCCC(=O)OC(CO)COC(=O)CCCCCCCCCCCCCCCCCCCCCCCCCCCCC. The van der Waals surface area contributed by atoms with Gasteiger partial charge in [0.1, 0.15) is 6.61 Å². The number of hydrogen-bond acceptors (Lipinski definition) is 5. The highest BCUT2D eigenvalue weighted by molar-refractivity contribution is 5.70. The lowest BCUT2D eigenvalue weighted by Crippen LogP contribution is -2.28. The Morgan fingerprint density at radius 3 is 0.833 bits per heavy atom. The van der Waals surface area contributed by atoms with Gasteiger partial charge in [-0.2, -0.15) is 0 Å². The number of esters is 2. The van der Waals surface area contributed by atoms with E-state index in [4.69, 9.17) is 9.47 Å². The fourth-order valence-corrected chi connectivity index (χ4v) is 9.87. The van der Waals surface area contributed by atoms with Crippen LogP contribution in [0.1, 0.15) is 335 Å². The fraction of sp³-hybridized carbons (Fsp3) is 0.753. The van der Waals surface area contributed by atoms with Crippen molar-refractivity contribution in [3.63, 3.8) is 0 Å². The molecule has 0 aliphatic heterocycles. The first-order valence-electron chi connectivity index (χ1n) is 33.8. The summed E-state index contributed by atoms with van der Waals surface area (Å²) in [6.45, 7) is 4.07. The molecule has 0 rings (SSSR count). The van der Waals surface area contributed by atoms with Gasteiger partial charge < -0.3 is 14.6 Å². The van der Waals surface area contributed by atoms with E-state index in [2.05, 4.69) is 111 Å². The number of carbonyl (C=O) groups excluding carboxylic acids is 2. The summed E-state index contributed by atoms with van der Waals surface area (Å²) in [5.74, 6) is -0.580. The predicted octanol–water partition coefficient (Wildman–Crippen LogP) is 23.4. The van der Waals surface area contributed by atoms with Gasteiger partial charge in [0.25, 0.3) is 0 Å². The second kappa shape index (κ2) is 68.1. The van der Waals surface area contributed by atoms with Crippen LogP contribution in [0.2, 0.25) is 0 Å². The lowest BCUT2D eigenvalue weighted by Gasteiger charge is -2.15. The molecule has 0 aromatic carbocycles. The van der Waals surface area contributed by atoms with Crippen LogP contribution in [0.15, 0.2) is 97.2 Å². The zero-order valence-corrected chi connectivity index (χ0v) is 51.7. The smallest absolute Gasteiger partial charge is 0.306 e. The number of allylic oxidation sites excluding steroid dienone is 16. The minimum absolute atomic E-state index is 0.0658. The summed E-state index contributed by atoms with van der Waals surface area (Å²) in [5, 5.41) is 9.70. The van der Waals surface area contributed by atoms with Crippen LogP contribution in [0, 0.1) is 0 Å². The fourth-order valence-electron chi connectivity index (χ4n) is 9.87. The van der Waals surface area contributed by atoms with Crippen molar-refractivity contribution < 1.29 is 24.2 Å². The molecule has 450 valence electrons. The first-order chi connectivity index (χ1) is 38.6. The quantitative estimate of drug-likeness (QED) is 0.0373. The molecule has 5 heteroatoms. The zero-order chi connectivity index (χ0) is 56.2. The Balaban J connectivity index is 3.48. The van der Waals surface area contributed by atoms with Crippen molar-refractivity contribution in [1.82, 2.24) is 0 Å². The number of ether oxygens (including phenoxy) is 2. The molecule has 0 heterocycles. The lowest BCUT2D eigenvalue weighted by molar-refractivity contribution is -0.161. The van der Waals surface area contributed by atoms with Crippen LogP contribution in [-0.4, -0.2) is 36.4 Å². The first kappa shape index (κ1) is 74.8. The monoisotopic (exact) mass is 1080 g/mol. The first-order valence-corrected chi connectivity index (χ1v) is 33.8. The van der Waals surface area contributed by atoms with Gasteiger partial charge in [-0.3, -0.25) is 9.59 Å². The molecular weight excluding hydrogens is 957 g/mol. The highest BCUT2D eigenvalue weighted by Gasteiger charge is 2.16. The number of aliphatic hydroxyl groups excluding tert-OH is 1. The summed E-state index contributed by atoms with van der Waals surface area (Å²) < 4.78 is 10.8. The van der Waals surface area contributed by atoms with Crippen LogP contribution in [0.4, 0.5) is 0 Å². The van der Waals surface area contributed by atoms with Gasteiger partial charge in [-0.25, -0.2) is 0 Å². The van der Waals surface area contributed by atoms with Crippen LogP contribution in [0.5, 0.6) is 0 Å². The second-order valence-electron chi connectivity index (χ2n) is 22.5. The summed E-state index contributed by atoms with van der Waals surface area (Å²) in [7, 11) is 0. The highest BCUT2D eigenvalue weighted by Crippen LogP contribution is 2.18. The molecule has 0 aliphatic carbocycles. The van der Waals surface area contributed by atoms with Crippen LogP contribution in [-0.2, 0) is 19.1 Å². The normalized spacial score (nSPS) is 12.8. The van der Waals surface area contributed by atoms with Crippen molar-refractivity contribution >= 4 is 11.9 Å². The van der Waals surface area contributed by atoms with Crippen molar-refractivity contribution in [3.8, 4) is 0 Å². The van der Waals surface area contributed by atoms with E-state index in [0.29, 0.717) is 12.8 Å². The van der Waals surface area contributed by atoms with Gasteiger partial charge in [0.05, 0.1) is 6.61 Å². The summed E-state index contributed by atoms with van der Waals surface area (Å²) in [4.78, 5) is 24.6. The Morgan fingerprint density at radius 2 is 0.551 bits per heavy atom. The largest absolute Gasteiger partial charge is 0.462 e. The van der Waals surface area contributed by atoms with Crippen molar-refractivity contribution in [2.75, 3.05) is 13.2 Å². The van der Waals surface area contributed by atoms with Crippen molar-refractivity contribution in [2.24, 2.45) is 0 Å². The van der Waals surface area contributed by atoms with Crippen molar-refractivity contribution in [1.29, 1.82) is 0 Å². The van der Waals surface area contributed by atoms with Crippen LogP contribution < -0.4 is 0 Å². The second-order valence-corrected chi connectivity index (χ2v) is 22.5. The van der Waals surface area contributed by atoms with Crippen molar-refractivity contribution in [3.05, 3.63) is 97.2 Å². The summed E-state index contributed by atoms with van der Waals surface area (Å²) in [5.41, 5.74) is 0. The van der Waals surface area contributed by atoms with E-state index in [9.17, 15) is 14.7 Å². The van der Waals surface area contributed by atoms with Gasteiger partial charge in [-0.1, -0.05) is 342 Å². The summed E-state index contributed by atoms with van der Waals surface area (Å²) in [6, 6.07) is 0. The summed E-state index contributed by atoms with van der Waals surface area (Å²) >= 11 is 0. The predicted molar refractivity (Wildman–Crippen MR) is 343 cm³/mol. The third-order valence-corrected chi connectivity index (χ3v) is 14.9. The van der Waals surface area contributed by atoms with E-state index in [1.807, 2.05) is 0 Å². The molecule has 1 unspecified atom stereocenters. The molecule has 78 heavy (non-hydrogen) atoms. The minimum atomic E-state index is -0.777. The number of aliphatic hydroxyl groups is 1. The average Bonchev–Trinajstić information content (AvgIpc) is 3.44. The average molecular weight is 1090 g/mol.